The third-order valence-corrected chi connectivity index (χ3v) is 5.62. The zero-order valence-corrected chi connectivity index (χ0v) is 13.7. The standard InChI is InChI=1S/C18H24O4/c1-17(2)10-18(3)9-12(17)8-15(18)22-16(20)11-5-6-13(19)14(7-11)21-4/h5-7,12,15,19H,8-10H2,1-4H3/t12-,15-,18-/m0/s1. The van der Waals surface area contributed by atoms with Crippen molar-refractivity contribution in [3.63, 3.8) is 0 Å². The molecule has 0 heterocycles. The predicted molar refractivity (Wildman–Crippen MR) is 83.1 cm³/mol. The summed E-state index contributed by atoms with van der Waals surface area (Å²) in [7, 11) is 1.46. The van der Waals surface area contributed by atoms with Crippen molar-refractivity contribution < 1.29 is 19.4 Å². The summed E-state index contributed by atoms with van der Waals surface area (Å²) in [6, 6.07) is 4.55. The highest BCUT2D eigenvalue weighted by Crippen LogP contribution is 2.63. The first-order chi connectivity index (χ1) is 10.2. The Bertz CT molecular complexity index is 607. The number of rotatable bonds is 3. The second kappa shape index (κ2) is 4.90. The minimum Gasteiger partial charge on any atom is -0.504 e. The van der Waals surface area contributed by atoms with Crippen molar-refractivity contribution in [2.45, 2.75) is 46.1 Å². The van der Waals surface area contributed by atoms with Crippen LogP contribution in [0.15, 0.2) is 18.2 Å². The Hall–Kier alpha value is -1.71. The van der Waals surface area contributed by atoms with E-state index in [1.807, 2.05) is 0 Å². The Morgan fingerprint density at radius 2 is 2.05 bits per heavy atom. The number of benzene rings is 1. The van der Waals surface area contributed by atoms with Crippen LogP contribution in [-0.4, -0.2) is 24.3 Å². The molecule has 2 aliphatic carbocycles. The molecule has 0 spiro atoms. The Labute approximate surface area is 131 Å². The molecule has 120 valence electrons. The third kappa shape index (κ3) is 2.34. The molecule has 2 aliphatic rings. The van der Waals surface area contributed by atoms with Crippen molar-refractivity contribution in [2.24, 2.45) is 16.7 Å². The van der Waals surface area contributed by atoms with Crippen LogP contribution in [0.4, 0.5) is 0 Å². The number of hydrogen-bond acceptors (Lipinski definition) is 4. The van der Waals surface area contributed by atoms with Crippen molar-refractivity contribution in [3.05, 3.63) is 23.8 Å². The molecule has 0 aliphatic heterocycles. The van der Waals surface area contributed by atoms with E-state index in [-0.39, 0.29) is 29.0 Å². The average Bonchev–Trinajstić information content (AvgIpc) is 2.87. The highest BCUT2D eigenvalue weighted by atomic mass is 16.5. The number of hydrogen-bond donors (Lipinski definition) is 1. The van der Waals surface area contributed by atoms with E-state index in [0.717, 1.165) is 19.3 Å². The van der Waals surface area contributed by atoms with Crippen molar-refractivity contribution >= 4 is 5.97 Å². The molecule has 22 heavy (non-hydrogen) atoms. The van der Waals surface area contributed by atoms with Crippen LogP contribution in [-0.2, 0) is 4.74 Å². The van der Waals surface area contributed by atoms with E-state index in [1.54, 1.807) is 6.07 Å². The van der Waals surface area contributed by atoms with E-state index in [2.05, 4.69) is 20.8 Å². The largest absolute Gasteiger partial charge is 0.504 e. The Morgan fingerprint density at radius 1 is 1.32 bits per heavy atom. The highest BCUT2D eigenvalue weighted by Gasteiger charge is 2.58. The van der Waals surface area contributed by atoms with Gasteiger partial charge in [0, 0.05) is 5.41 Å². The summed E-state index contributed by atoms with van der Waals surface area (Å²) >= 11 is 0. The number of aromatic hydroxyl groups is 1. The van der Waals surface area contributed by atoms with Gasteiger partial charge in [-0.3, -0.25) is 0 Å². The van der Waals surface area contributed by atoms with Crippen LogP contribution in [0.3, 0.4) is 0 Å². The third-order valence-electron chi connectivity index (χ3n) is 5.62. The molecule has 4 heteroatoms. The summed E-state index contributed by atoms with van der Waals surface area (Å²) in [6.07, 6.45) is 3.17. The maximum atomic E-state index is 12.4. The smallest absolute Gasteiger partial charge is 0.338 e. The van der Waals surface area contributed by atoms with E-state index < -0.39 is 0 Å². The minimum absolute atomic E-state index is 0.0159. The van der Waals surface area contributed by atoms with Gasteiger partial charge in [0.2, 0.25) is 0 Å². The summed E-state index contributed by atoms with van der Waals surface area (Å²) in [5.41, 5.74) is 0.852. The van der Waals surface area contributed by atoms with E-state index in [0.29, 0.717) is 16.9 Å². The van der Waals surface area contributed by atoms with Gasteiger partial charge in [0.1, 0.15) is 6.10 Å². The quantitative estimate of drug-likeness (QED) is 0.864. The first-order valence-electron chi connectivity index (χ1n) is 7.83. The lowest BCUT2D eigenvalue weighted by Gasteiger charge is -2.38. The zero-order chi connectivity index (χ0) is 16.1. The second-order valence-corrected chi connectivity index (χ2v) is 7.74. The van der Waals surface area contributed by atoms with Crippen molar-refractivity contribution in [1.29, 1.82) is 0 Å². The van der Waals surface area contributed by atoms with E-state index in [9.17, 15) is 9.90 Å². The molecular formula is C18H24O4. The van der Waals surface area contributed by atoms with E-state index in [1.165, 1.54) is 19.2 Å². The zero-order valence-electron chi connectivity index (χ0n) is 13.7. The number of esters is 1. The van der Waals surface area contributed by atoms with Crippen molar-refractivity contribution in [2.75, 3.05) is 7.11 Å². The van der Waals surface area contributed by atoms with E-state index >= 15 is 0 Å². The van der Waals surface area contributed by atoms with Gasteiger partial charge < -0.3 is 14.6 Å². The van der Waals surface area contributed by atoms with Gasteiger partial charge in [-0.25, -0.2) is 4.79 Å². The van der Waals surface area contributed by atoms with Crippen LogP contribution in [0.1, 0.15) is 50.4 Å². The molecule has 1 N–H and O–H groups in total. The molecule has 3 rings (SSSR count). The molecule has 0 saturated heterocycles. The number of carbonyl (C=O) groups is 1. The van der Waals surface area contributed by atoms with Crippen molar-refractivity contribution in [1.82, 2.24) is 0 Å². The molecule has 2 saturated carbocycles. The number of methoxy groups -OCH3 is 1. The molecule has 0 unspecified atom stereocenters. The predicted octanol–water partition coefficient (Wildman–Crippen LogP) is 3.77. The molecule has 2 bridgehead atoms. The van der Waals surface area contributed by atoms with Gasteiger partial charge in [0.05, 0.1) is 12.7 Å². The van der Waals surface area contributed by atoms with E-state index in [4.69, 9.17) is 9.47 Å². The molecule has 1 aromatic rings. The van der Waals surface area contributed by atoms with Crippen molar-refractivity contribution in [3.8, 4) is 11.5 Å². The molecule has 4 nitrogen and oxygen atoms in total. The van der Waals surface area contributed by atoms with Gasteiger partial charge in [-0.15, -0.1) is 0 Å². The first kappa shape index (κ1) is 15.2. The SMILES string of the molecule is COc1cc(C(=O)O[C@H]2C[C@H]3C[C@@]2(C)CC3(C)C)ccc1O. The maximum Gasteiger partial charge on any atom is 0.338 e. The van der Waals surface area contributed by atoms with Gasteiger partial charge in [-0.05, 0) is 48.8 Å². The van der Waals surface area contributed by atoms with Crippen LogP contribution in [0.25, 0.3) is 0 Å². The molecule has 1 aromatic carbocycles. The fraction of sp³-hybridized carbons (Fsp3) is 0.611. The lowest BCUT2D eigenvalue weighted by Crippen LogP contribution is -2.37. The lowest BCUT2D eigenvalue weighted by atomic mass is 9.71. The summed E-state index contributed by atoms with van der Waals surface area (Å²) in [6.45, 7) is 6.86. The maximum absolute atomic E-state index is 12.4. The van der Waals surface area contributed by atoms with Gasteiger partial charge in [0.25, 0.3) is 0 Å². The summed E-state index contributed by atoms with van der Waals surface area (Å²) in [5, 5.41) is 9.61. The number of phenols is 1. The van der Waals surface area contributed by atoms with Crippen LogP contribution >= 0.6 is 0 Å². The van der Waals surface area contributed by atoms with Gasteiger partial charge >= 0.3 is 5.97 Å². The Morgan fingerprint density at radius 3 is 2.59 bits per heavy atom. The average molecular weight is 304 g/mol. The summed E-state index contributed by atoms with van der Waals surface area (Å²) < 4.78 is 10.8. The Kier molecular flexibility index (Phi) is 3.38. The summed E-state index contributed by atoms with van der Waals surface area (Å²) in [4.78, 5) is 12.4. The van der Waals surface area contributed by atoms with Gasteiger partial charge in [-0.2, -0.15) is 0 Å². The molecule has 0 aromatic heterocycles. The van der Waals surface area contributed by atoms with Crippen LogP contribution in [0.5, 0.6) is 11.5 Å². The molecular weight excluding hydrogens is 280 g/mol. The second-order valence-electron chi connectivity index (χ2n) is 7.74. The number of carbonyl (C=O) groups excluding carboxylic acids is 1. The normalized spacial score (nSPS) is 32.0. The molecule has 3 atom stereocenters. The molecule has 0 radical (unpaired) electrons. The van der Waals surface area contributed by atoms with Crippen LogP contribution in [0, 0.1) is 16.7 Å². The highest BCUT2D eigenvalue weighted by molar-refractivity contribution is 5.90. The minimum atomic E-state index is -0.338. The number of ether oxygens (including phenoxy) is 2. The van der Waals surface area contributed by atoms with Crippen LogP contribution < -0.4 is 4.74 Å². The summed E-state index contributed by atoms with van der Waals surface area (Å²) in [5.74, 6) is 0.599. The monoisotopic (exact) mass is 304 g/mol. The molecule has 0 amide bonds. The number of phenolic OH excluding ortho intramolecular Hbond substituents is 1. The van der Waals surface area contributed by atoms with Gasteiger partial charge in [-0.1, -0.05) is 20.8 Å². The Balaban J connectivity index is 1.74. The fourth-order valence-corrected chi connectivity index (χ4v) is 4.48. The van der Waals surface area contributed by atoms with Gasteiger partial charge in [0.15, 0.2) is 11.5 Å². The topological polar surface area (TPSA) is 55.8 Å². The fourth-order valence-electron chi connectivity index (χ4n) is 4.48. The van der Waals surface area contributed by atoms with Crippen LogP contribution in [0.2, 0.25) is 0 Å². The number of fused-ring (bicyclic) bond motifs is 2. The molecule has 2 fully saturated rings. The first-order valence-corrected chi connectivity index (χ1v) is 7.83. The lowest BCUT2D eigenvalue weighted by molar-refractivity contribution is -0.0221.